The maximum atomic E-state index is 11.7. The van der Waals surface area contributed by atoms with E-state index in [9.17, 15) is 4.79 Å². The molecule has 0 fully saturated rings. The van der Waals surface area contributed by atoms with E-state index in [1.165, 1.54) is 14.2 Å². The highest BCUT2D eigenvalue weighted by Gasteiger charge is 2.19. The fourth-order valence-corrected chi connectivity index (χ4v) is 1.32. The van der Waals surface area contributed by atoms with Gasteiger partial charge in [0.15, 0.2) is 5.01 Å². The van der Waals surface area contributed by atoms with Crippen LogP contribution in [0.15, 0.2) is 24.3 Å². The minimum Gasteiger partial charge on any atom is -0.496 e. The number of Topliss-reactive ketones (excluding diaryl/α,β-unsaturated/α-hetero) is 1. The van der Waals surface area contributed by atoms with Gasteiger partial charge in [-0.1, -0.05) is 12.1 Å². The smallest absolute Gasteiger partial charge is 0.206 e. The van der Waals surface area contributed by atoms with Gasteiger partial charge in [-0.2, -0.15) is 0 Å². The van der Waals surface area contributed by atoms with Crippen LogP contribution >= 0.6 is 15.9 Å². The van der Waals surface area contributed by atoms with Crippen LogP contribution in [0.5, 0.6) is 5.75 Å². The fourth-order valence-electron chi connectivity index (χ4n) is 1.08. The highest BCUT2D eigenvalue weighted by molar-refractivity contribution is 9.09. The number of methoxy groups -OCH3 is 2. The van der Waals surface area contributed by atoms with Gasteiger partial charge in [-0.25, -0.2) is 0 Å². The molecular weight excluding hydrogens is 248 g/mol. The average molecular weight is 259 g/mol. The zero-order valence-corrected chi connectivity index (χ0v) is 9.58. The molecule has 0 saturated heterocycles. The molecule has 1 aromatic rings. The van der Waals surface area contributed by atoms with Crippen LogP contribution in [-0.4, -0.2) is 25.0 Å². The fraction of sp³-hybridized carbons (Fsp3) is 0.300. The monoisotopic (exact) mass is 258 g/mol. The van der Waals surface area contributed by atoms with Gasteiger partial charge >= 0.3 is 0 Å². The quantitative estimate of drug-likeness (QED) is 0.614. The Kier molecular flexibility index (Phi) is 4.10. The maximum absolute atomic E-state index is 11.7. The number of ketones is 1. The second-order valence-corrected chi connectivity index (χ2v) is 3.45. The van der Waals surface area contributed by atoms with Crippen LogP contribution < -0.4 is 4.74 Å². The lowest BCUT2D eigenvalue weighted by molar-refractivity contribution is 0.0802. The van der Waals surface area contributed by atoms with Crippen molar-refractivity contribution in [1.82, 2.24) is 0 Å². The summed E-state index contributed by atoms with van der Waals surface area (Å²) in [4.78, 5) is 11.7. The Hall–Kier alpha value is -0.870. The Morgan fingerprint density at radius 2 is 2.00 bits per heavy atom. The van der Waals surface area contributed by atoms with Crippen molar-refractivity contribution >= 4 is 21.7 Å². The summed E-state index contributed by atoms with van der Waals surface area (Å²) in [5.74, 6) is 0.406. The number of carbonyl (C=O) groups is 1. The molecule has 0 aliphatic heterocycles. The minimum atomic E-state index is -0.626. The standard InChI is InChI=1S/C10H11BrO3/c1-13-8-6-4-3-5-7(8)9(12)10(11)14-2/h3-6,10H,1-2H3. The van der Waals surface area contributed by atoms with Gasteiger partial charge in [0.25, 0.3) is 0 Å². The topological polar surface area (TPSA) is 35.5 Å². The van der Waals surface area contributed by atoms with E-state index < -0.39 is 5.01 Å². The van der Waals surface area contributed by atoms with Gasteiger partial charge in [0.05, 0.1) is 12.7 Å². The van der Waals surface area contributed by atoms with Crippen molar-refractivity contribution in [3.05, 3.63) is 29.8 Å². The third-order valence-electron chi connectivity index (χ3n) is 1.79. The first-order valence-corrected chi connectivity index (χ1v) is 4.96. The number of benzene rings is 1. The van der Waals surface area contributed by atoms with Crippen molar-refractivity contribution in [1.29, 1.82) is 0 Å². The van der Waals surface area contributed by atoms with Gasteiger partial charge in [-0.15, -0.1) is 0 Å². The van der Waals surface area contributed by atoms with E-state index in [0.717, 1.165) is 0 Å². The van der Waals surface area contributed by atoms with E-state index in [-0.39, 0.29) is 5.78 Å². The number of alkyl halides is 1. The molecule has 14 heavy (non-hydrogen) atoms. The van der Waals surface area contributed by atoms with Gasteiger partial charge in [-0.05, 0) is 28.1 Å². The normalized spacial score (nSPS) is 12.2. The Morgan fingerprint density at radius 1 is 1.36 bits per heavy atom. The molecule has 0 aliphatic carbocycles. The molecule has 0 aromatic heterocycles. The van der Waals surface area contributed by atoms with Crippen molar-refractivity contribution in [2.45, 2.75) is 5.01 Å². The molecule has 0 spiro atoms. The molecule has 0 amide bonds. The molecule has 0 heterocycles. The summed E-state index contributed by atoms with van der Waals surface area (Å²) in [7, 11) is 2.99. The first-order valence-electron chi connectivity index (χ1n) is 4.04. The summed E-state index contributed by atoms with van der Waals surface area (Å²) in [6, 6.07) is 7.04. The van der Waals surface area contributed by atoms with Crippen LogP contribution in [0.25, 0.3) is 0 Å². The lowest BCUT2D eigenvalue weighted by atomic mass is 10.1. The van der Waals surface area contributed by atoms with Gasteiger partial charge in [0.1, 0.15) is 5.75 Å². The third kappa shape index (κ3) is 2.33. The number of carbonyl (C=O) groups excluding carboxylic acids is 1. The summed E-state index contributed by atoms with van der Waals surface area (Å²) >= 11 is 3.11. The van der Waals surface area contributed by atoms with Crippen LogP contribution in [-0.2, 0) is 4.74 Å². The van der Waals surface area contributed by atoms with Gasteiger partial charge in [0, 0.05) is 7.11 Å². The van der Waals surface area contributed by atoms with E-state index in [2.05, 4.69) is 15.9 Å². The van der Waals surface area contributed by atoms with Gasteiger partial charge < -0.3 is 9.47 Å². The van der Waals surface area contributed by atoms with E-state index >= 15 is 0 Å². The Bertz CT molecular complexity index is 325. The van der Waals surface area contributed by atoms with Crippen molar-refractivity contribution in [3.8, 4) is 5.75 Å². The predicted molar refractivity (Wildman–Crippen MR) is 57.0 cm³/mol. The van der Waals surface area contributed by atoms with Crippen LogP contribution in [0.3, 0.4) is 0 Å². The molecule has 3 nitrogen and oxygen atoms in total. The molecule has 4 heteroatoms. The average Bonchev–Trinajstić information content (AvgIpc) is 2.26. The first-order chi connectivity index (χ1) is 6.70. The second kappa shape index (κ2) is 5.12. The minimum absolute atomic E-state index is 0.148. The van der Waals surface area contributed by atoms with Crippen molar-refractivity contribution in [2.24, 2.45) is 0 Å². The lowest BCUT2D eigenvalue weighted by Crippen LogP contribution is -2.16. The van der Waals surface area contributed by atoms with E-state index in [1.807, 2.05) is 6.07 Å². The van der Waals surface area contributed by atoms with Gasteiger partial charge in [-0.3, -0.25) is 4.79 Å². The van der Waals surface area contributed by atoms with Crippen molar-refractivity contribution in [3.63, 3.8) is 0 Å². The predicted octanol–water partition coefficient (Wildman–Crippen LogP) is 2.25. The zero-order chi connectivity index (χ0) is 10.6. The van der Waals surface area contributed by atoms with E-state index in [0.29, 0.717) is 11.3 Å². The molecule has 1 atom stereocenters. The van der Waals surface area contributed by atoms with Crippen LogP contribution in [0.2, 0.25) is 0 Å². The number of ether oxygens (including phenoxy) is 2. The number of hydrogen-bond acceptors (Lipinski definition) is 3. The van der Waals surface area contributed by atoms with Crippen molar-refractivity contribution < 1.29 is 14.3 Å². The molecule has 0 aliphatic rings. The Morgan fingerprint density at radius 3 is 2.57 bits per heavy atom. The van der Waals surface area contributed by atoms with Crippen LogP contribution in [0, 0.1) is 0 Å². The highest BCUT2D eigenvalue weighted by atomic mass is 79.9. The van der Waals surface area contributed by atoms with Crippen LogP contribution in [0.4, 0.5) is 0 Å². The molecular formula is C10H11BrO3. The second-order valence-electron chi connectivity index (χ2n) is 2.62. The summed E-state index contributed by atoms with van der Waals surface area (Å²) in [5.41, 5.74) is 0.513. The van der Waals surface area contributed by atoms with Gasteiger partial charge in [0.2, 0.25) is 5.78 Å². The van der Waals surface area contributed by atoms with Crippen molar-refractivity contribution in [2.75, 3.05) is 14.2 Å². The zero-order valence-electron chi connectivity index (χ0n) is 7.99. The van der Waals surface area contributed by atoms with Crippen LogP contribution in [0.1, 0.15) is 10.4 Å². The molecule has 0 saturated carbocycles. The van der Waals surface area contributed by atoms with E-state index in [1.54, 1.807) is 18.2 Å². The van der Waals surface area contributed by atoms with E-state index in [4.69, 9.17) is 9.47 Å². The number of para-hydroxylation sites is 1. The number of hydrogen-bond donors (Lipinski definition) is 0. The Labute approximate surface area is 91.1 Å². The maximum Gasteiger partial charge on any atom is 0.206 e. The first kappa shape index (κ1) is 11.2. The highest BCUT2D eigenvalue weighted by Crippen LogP contribution is 2.21. The number of rotatable bonds is 4. The molecule has 1 aromatic carbocycles. The SMILES string of the molecule is COc1ccccc1C(=O)C(Br)OC. The summed E-state index contributed by atoms with van der Waals surface area (Å²) in [6.07, 6.45) is 0. The molecule has 0 bridgehead atoms. The molecule has 1 unspecified atom stereocenters. The number of halogens is 1. The summed E-state index contributed by atoms with van der Waals surface area (Å²) < 4.78 is 9.94. The Balaban J connectivity index is 3.00. The third-order valence-corrected chi connectivity index (χ3v) is 2.58. The summed E-state index contributed by atoms with van der Waals surface area (Å²) in [5, 5.41) is -0.626. The molecule has 1 rings (SSSR count). The molecule has 0 radical (unpaired) electrons. The summed E-state index contributed by atoms with van der Waals surface area (Å²) in [6.45, 7) is 0. The molecule has 0 N–H and O–H groups in total. The largest absolute Gasteiger partial charge is 0.496 e. The molecule has 76 valence electrons. The lowest BCUT2D eigenvalue weighted by Gasteiger charge is -2.09.